The number of hydrogen-bond donors (Lipinski definition) is 1. The lowest BCUT2D eigenvalue weighted by Gasteiger charge is -2.19. The van der Waals surface area contributed by atoms with Crippen LogP contribution in [-0.2, 0) is 13.5 Å². The van der Waals surface area contributed by atoms with Crippen LogP contribution in [0.1, 0.15) is 19.4 Å². The summed E-state index contributed by atoms with van der Waals surface area (Å²) < 4.78 is 15.1. The van der Waals surface area contributed by atoms with Gasteiger partial charge in [-0.2, -0.15) is 0 Å². The van der Waals surface area contributed by atoms with Crippen molar-refractivity contribution >= 4 is 10.9 Å². The molecule has 2 rings (SSSR count). The van der Waals surface area contributed by atoms with E-state index in [0.717, 1.165) is 5.39 Å². The summed E-state index contributed by atoms with van der Waals surface area (Å²) in [5.74, 6) is -0.384. The lowest BCUT2D eigenvalue weighted by Crippen LogP contribution is -2.37. The zero-order valence-electron chi connectivity index (χ0n) is 10.8. The number of fused-ring (bicyclic) bond motifs is 1. The number of rotatable bonds is 2. The molecule has 0 unspecified atom stereocenters. The molecule has 0 saturated heterocycles. The van der Waals surface area contributed by atoms with Gasteiger partial charge in [0.25, 0.3) is 5.56 Å². The number of aryl methyl sites for hydroxylation is 1. The van der Waals surface area contributed by atoms with E-state index < -0.39 is 5.54 Å². The highest BCUT2D eigenvalue weighted by Crippen LogP contribution is 2.18. The molecule has 1 heterocycles. The molecule has 2 N–H and O–H groups in total. The van der Waals surface area contributed by atoms with E-state index in [1.54, 1.807) is 25.2 Å². The molecule has 2 aromatic rings. The standard InChI is InChI=1S/C14H17FN2O/c1-14(2,16)8-10-7-9-5-4-6-11(15)12(9)17(3)13(10)18/h4-7H,8,16H2,1-3H3. The summed E-state index contributed by atoms with van der Waals surface area (Å²) in [6, 6.07) is 6.52. The van der Waals surface area contributed by atoms with Crippen molar-refractivity contribution in [2.24, 2.45) is 12.8 Å². The Labute approximate surface area is 105 Å². The Morgan fingerprint density at radius 2 is 2.06 bits per heavy atom. The lowest BCUT2D eigenvalue weighted by molar-refractivity contribution is 0.513. The number of halogens is 1. The monoisotopic (exact) mass is 248 g/mol. The van der Waals surface area contributed by atoms with E-state index in [4.69, 9.17) is 5.73 Å². The summed E-state index contributed by atoms with van der Waals surface area (Å²) >= 11 is 0. The molecule has 0 fully saturated rings. The van der Waals surface area contributed by atoms with Crippen LogP contribution in [0.3, 0.4) is 0 Å². The van der Waals surface area contributed by atoms with Gasteiger partial charge in [0.2, 0.25) is 0 Å². The number of para-hydroxylation sites is 1. The molecule has 0 spiro atoms. The quantitative estimate of drug-likeness (QED) is 0.883. The van der Waals surface area contributed by atoms with Crippen LogP contribution in [0.4, 0.5) is 4.39 Å². The number of hydrogen-bond acceptors (Lipinski definition) is 2. The highest BCUT2D eigenvalue weighted by molar-refractivity contribution is 5.80. The van der Waals surface area contributed by atoms with Crippen LogP contribution in [0.5, 0.6) is 0 Å². The van der Waals surface area contributed by atoms with E-state index in [2.05, 4.69) is 0 Å². The Balaban J connectivity index is 2.73. The van der Waals surface area contributed by atoms with Gasteiger partial charge in [0.05, 0.1) is 5.52 Å². The number of nitrogens with two attached hydrogens (primary N) is 1. The zero-order valence-corrected chi connectivity index (χ0v) is 10.8. The fourth-order valence-electron chi connectivity index (χ4n) is 2.19. The summed E-state index contributed by atoms with van der Waals surface area (Å²) in [6.45, 7) is 3.73. The minimum atomic E-state index is -0.465. The van der Waals surface area contributed by atoms with Gasteiger partial charge < -0.3 is 10.3 Å². The predicted octanol–water partition coefficient (Wildman–Crippen LogP) is 1.96. The Bertz CT molecular complexity index is 653. The topological polar surface area (TPSA) is 48.0 Å². The first-order chi connectivity index (χ1) is 8.29. The number of pyridine rings is 1. The molecule has 18 heavy (non-hydrogen) atoms. The van der Waals surface area contributed by atoms with Crippen LogP contribution in [-0.4, -0.2) is 10.1 Å². The Morgan fingerprint density at radius 3 is 2.67 bits per heavy atom. The van der Waals surface area contributed by atoms with Gasteiger partial charge in [0, 0.05) is 23.5 Å². The van der Waals surface area contributed by atoms with E-state index in [1.165, 1.54) is 10.6 Å². The third-order valence-corrected chi connectivity index (χ3v) is 2.91. The summed E-state index contributed by atoms with van der Waals surface area (Å²) in [6.07, 6.45) is 0.464. The van der Waals surface area contributed by atoms with Crippen molar-refractivity contribution in [2.45, 2.75) is 25.8 Å². The highest BCUT2D eigenvalue weighted by Gasteiger charge is 2.16. The molecule has 0 saturated carbocycles. The van der Waals surface area contributed by atoms with Crippen LogP contribution < -0.4 is 11.3 Å². The second kappa shape index (κ2) is 4.21. The maximum absolute atomic E-state index is 13.7. The van der Waals surface area contributed by atoms with Gasteiger partial charge in [-0.1, -0.05) is 12.1 Å². The Morgan fingerprint density at radius 1 is 1.39 bits per heavy atom. The summed E-state index contributed by atoms with van der Waals surface area (Å²) in [5, 5.41) is 0.719. The van der Waals surface area contributed by atoms with Crippen LogP contribution in [0, 0.1) is 5.82 Å². The van der Waals surface area contributed by atoms with Gasteiger partial charge in [0.15, 0.2) is 0 Å². The fourth-order valence-corrected chi connectivity index (χ4v) is 2.19. The predicted molar refractivity (Wildman–Crippen MR) is 71.1 cm³/mol. The minimum absolute atomic E-state index is 0.189. The van der Waals surface area contributed by atoms with Crippen LogP contribution in [0.25, 0.3) is 10.9 Å². The van der Waals surface area contributed by atoms with Crippen molar-refractivity contribution in [1.82, 2.24) is 4.57 Å². The number of aromatic nitrogens is 1. The van der Waals surface area contributed by atoms with Gasteiger partial charge in [-0.05, 0) is 32.4 Å². The summed E-state index contributed by atoms with van der Waals surface area (Å²) in [7, 11) is 1.58. The average molecular weight is 248 g/mol. The molecular weight excluding hydrogens is 231 g/mol. The molecule has 0 aliphatic rings. The van der Waals surface area contributed by atoms with E-state index in [9.17, 15) is 9.18 Å². The highest BCUT2D eigenvalue weighted by atomic mass is 19.1. The van der Waals surface area contributed by atoms with Crippen LogP contribution in [0.2, 0.25) is 0 Å². The smallest absolute Gasteiger partial charge is 0.254 e. The third kappa shape index (κ3) is 2.29. The van der Waals surface area contributed by atoms with E-state index >= 15 is 0 Å². The molecule has 0 aliphatic carbocycles. The Kier molecular flexibility index (Phi) is 2.99. The van der Waals surface area contributed by atoms with Gasteiger partial charge in [-0.15, -0.1) is 0 Å². The molecule has 4 heteroatoms. The van der Waals surface area contributed by atoms with Crippen molar-refractivity contribution in [2.75, 3.05) is 0 Å². The van der Waals surface area contributed by atoms with Gasteiger partial charge in [-0.25, -0.2) is 4.39 Å². The van der Waals surface area contributed by atoms with Crippen molar-refractivity contribution in [3.05, 3.63) is 46.0 Å². The molecule has 0 amide bonds. The SMILES string of the molecule is Cn1c(=O)c(CC(C)(C)N)cc2cccc(F)c21. The lowest BCUT2D eigenvalue weighted by atomic mass is 9.96. The maximum Gasteiger partial charge on any atom is 0.254 e. The van der Waals surface area contributed by atoms with E-state index in [-0.39, 0.29) is 11.4 Å². The molecule has 3 nitrogen and oxygen atoms in total. The molecular formula is C14H17FN2O. The molecule has 96 valence electrons. The van der Waals surface area contributed by atoms with Crippen LogP contribution in [0.15, 0.2) is 29.1 Å². The largest absolute Gasteiger partial charge is 0.325 e. The second-order valence-electron chi connectivity index (χ2n) is 5.38. The third-order valence-electron chi connectivity index (χ3n) is 2.91. The fraction of sp³-hybridized carbons (Fsp3) is 0.357. The van der Waals surface area contributed by atoms with E-state index in [0.29, 0.717) is 17.5 Å². The van der Waals surface area contributed by atoms with Gasteiger partial charge >= 0.3 is 0 Å². The van der Waals surface area contributed by atoms with Crippen LogP contribution >= 0.6 is 0 Å². The number of benzene rings is 1. The van der Waals surface area contributed by atoms with Crippen molar-refractivity contribution in [1.29, 1.82) is 0 Å². The summed E-state index contributed by atoms with van der Waals surface area (Å²) in [5.41, 5.74) is 6.23. The first-order valence-corrected chi connectivity index (χ1v) is 5.85. The molecule has 0 radical (unpaired) electrons. The molecule has 1 aromatic heterocycles. The summed E-state index contributed by atoms with van der Waals surface area (Å²) in [4.78, 5) is 12.2. The number of nitrogens with zero attached hydrogens (tertiary/aromatic N) is 1. The zero-order chi connectivity index (χ0) is 13.5. The minimum Gasteiger partial charge on any atom is -0.325 e. The average Bonchev–Trinajstić information content (AvgIpc) is 2.23. The Hall–Kier alpha value is -1.68. The normalized spacial score (nSPS) is 12.1. The van der Waals surface area contributed by atoms with Crippen molar-refractivity contribution in [3.8, 4) is 0 Å². The molecule has 0 aliphatic heterocycles. The van der Waals surface area contributed by atoms with Crippen molar-refractivity contribution < 1.29 is 4.39 Å². The molecule has 0 bridgehead atoms. The maximum atomic E-state index is 13.7. The first kappa shape index (κ1) is 12.8. The molecule has 0 atom stereocenters. The van der Waals surface area contributed by atoms with Gasteiger partial charge in [-0.3, -0.25) is 4.79 Å². The molecule has 1 aromatic carbocycles. The van der Waals surface area contributed by atoms with Crippen molar-refractivity contribution in [3.63, 3.8) is 0 Å². The first-order valence-electron chi connectivity index (χ1n) is 5.85. The van der Waals surface area contributed by atoms with Gasteiger partial charge in [0.1, 0.15) is 5.82 Å². The second-order valence-corrected chi connectivity index (χ2v) is 5.38. The van der Waals surface area contributed by atoms with E-state index in [1.807, 2.05) is 13.8 Å².